The highest BCUT2D eigenvalue weighted by atomic mass is 19.1. The monoisotopic (exact) mass is 466 g/mol. The number of ether oxygens (including phenoxy) is 1. The molecule has 5 atom stereocenters. The molecular weight excluding hydrogens is 435 g/mol. The van der Waals surface area contributed by atoms with Crippen LogP contribution in [0, 0.1) is 30.5 Å². The predicted molar refractivity (Wildman–Crippen MR) is 128 cm³/mol. The fourth-order valence-electron chi connectivity index (χ4n) is 5.48. The van der Waals surface area contributed by atoms with Gasteiger partial charge in [0.25, 0.3) is 0 Å². The molecule has 2 fully saturated rings. The highest BCUT2D eigenvalue weighted by Gasteiger charge is 2.47. The van der Waals surface area contributed by atoms with Crippen LogP contribution in [0.5, 0.6) is 5.75 Å². The number of anilines is 3. The van der Waals surface area contributed by atoms with Crippen molar-refractivity contribution in [1.82, 2.24) is 14.9 Å². The van der Waals surface area contributed by atoms with Crippen LogP contribution in [0.25, 0.3) is 0 Å². The SMILES string of the molecule is Cc1cc(Nc2ncc(F)c(N[C@H]3[C@@H](C(N)=O)[C@@H]4C=C[C@H]3C4)n2)ccc1OC1CCCN(C)C1. The summed E-state index contributed by atoms with van der Waals surface area (Å²) in [6.45, 7) is 4.03. The Morgan fingerprint density at radius 3 is 2.88 bits per heavy atom. The summed E-state index contributed by atoms with van der Waals surface area (Å²) in [5, 5.41) is 6.27. The number of nitrogens with zero attached hydrogens (tertiary/aromatic N) is 3. The topological polar surface area (TPSA) is 105 Å². The third-order valence-corrected chi connectivity index (χ3v) is 7.14. The Kier molecular flexibility index (Phi) is 6.12. The quantitative estimate of drug-likeness (QED) is 0.538. The molecule has 1 amide bonds. The van der Waals surface area contributed by atoms with Gasteiger partial charge in [0.15, 0.2) is 11.6 Å². The summed E-state index contributed by atoms with van der Waals surface area (Å²) in [6.07, 6.45) is 8.45. The minimum absolute atomic E-state index is 0.0628. The highest BCUT2D eigenvalue weighted by molar-refractivity contribution is 5.79. The van der Waals surface area contributed by atoms with Crippen molar-refractivity contribution in [2.24, 2.45) is 23.5 Å². The number of likely N-dealkylation sites (tertiary alicyclic amines) is 1. The van der Waals surface area contributed by atoms with Crippen molar-refractivity contribution in [3.63, 3.8) is 0 Å². The smallest absolute Gasteiger partial charge is 0.229 e. The average Bonchev–Trinajstić information content (AvgIpc) is 3.40. The first-order chi connectivity index (χ1) is 16.4. The van der Waals surface area contributed by atoms with Crippen LogP contribution < -0.4 is 21.1 Å². The lowest BCUT2D eigenvalue weighted by atomic mass is 9.88. The lowest BCUT2D eigenvalue weighted by Crippen LogP contribution is -2.41. The zero-order valence-electron chi connectivity index (χ0n) is 19.5. The Balaban J connectivity index is 1.28. The number of carbonyl (C=O) groups excluding carboxylic acids is 1. The molecule has 34 heavy (non-hydrogen) atoms. The van der Waals surface area contributed by atoms with E-state index in [2.05, 4.69) is 38.6 Å². The number of halogens is 1. The molecule has 1 aromatic heterocycles. The van der Waals surface area contributed by atoms with Gasteiger partial charge in [0.2, 0.25) is 11.9 Å². The summed E-state index contributed by atoms with van der Waals surface area (Å²) in [6, 6.07) is 5.53. The molecule has 180 valence electrons. The summed E-state index contributed by atoms with van der Waals surface area (Å²) < 4.78 is 20.8. The molecule has 1 aliphatic heterocycles. The molecule has 5 rings (SSSR count). The molecule has 1 saturated heterocycles. The van der Waals surface area contributed by atoms with Crippen LogP contribution >= 0.6 is 0 Å². The number of aryl methyl sites for hydroxylation is 1. The maximum Gasteiger partial charge on any atom is 0.229 e. The van der Waals surface area contributed by atoms with Crippen molar-refractivity contribution in [2.75, 3.05) is 30.8 Å². The number of piperidine rings is 1. The van der Waals surface area contributed by atoms with Crippen molar-refractivity contribution >= 4 is 23.4 Å². The van der Waals surface area contributed by atoms with Gasteiger partial charge in [-0.25, -0.2) is 9.37 Å². The largest absolute Gasteiger partial charge is 0.489 e. The number of likely N-dealkylation sites (N-methyl/N-ethyl adjacent to an activating group) is 1. The Bertz CT molecular complexity index is 1110. The van der Waals surface area contributed by atoms with Crippen LogP contribution in [0.4, 0.5) is 21.8 Å². The van der Waals surface area contributed by atoms with Gasteiger partial charge in [-0.3, -0.25) is 4.79 Å². The summed E-state index contributed by atoms with van der Waals surface area (Å²) in [5.41, 5.74) is 7.40. The number of allylic oxidation sites excluding steroid dienone is 1. The van der Waals surface area contributed by atoms with E-state index in [0.29, 0.717) is 0 Å². The lowest BCUT2D eigenvalue weighted by molar-refractivity contribution is -0.122. The Hall–Kier alpha value is -3.20. The van der Waals surface area contributed by atoms with Gasteiger partial charge in [0, 0.05) is 18.3 Å². The van der Waals surface area contributed by atoms with Crippen LogP contribution in [-0.2, 0) is 4.79 Å². The van der Waals surface area contributed by atoms with Crippen LogP contribution in [0.1, 0.15) is 24.8 Å². The molecule has 2 aromatic rings. The van der Waals surface area contributed by atoms with E-state index in [1.165, 1.54) is 0 Å². The Labute approximate surface area is 198 Å². The molecular formula is C25H31FN6O2. The Morgan fingerprint density at radius 1 is 1.29 bits per heavy atom. The van der Waals surface area contributed by atoms with Crippen molar-refractivity contribution in [3.05, 3.63) is 47.9 Å². The zero-order chi connectivity index (χ0) is 23.8. The lowest BCUT2D eigenvalue weighted by Gasteiger charge is -2.30. The second-order valence-corrected chi connectivity index (χ2v) is 9.69. The second kappa shape index (κ2) is 9.21. The van der Waals surface area contributed by atoms with Crippen LogP contribution in [0.3, 0.4) is 0 Å². The van der Waals surface area contributed by atoms with Crippen molar-refractivity contribution in [2.45, 2.75) is 38.3 Å². The summed E-state index contributed by atoms with van der Waals surface area (Å²) in [7, 11) is 2.11. The number of hydrogen-bond acceptors (Lipinski definition) is 7. The molecule has 4 N–H and O–H groups in total. The van der Waals surface area contributed by atoms with Gasteiger partial charge >= 0.3 is 0 Å². The first-order valence-electron chi connectivity index (χ1n) is 11.9. The van der Waals surface area contributed by atoms with Crippen molar-refractivity contribution in [1.29, 1.82) is 0 Å². The standard InChI is InChI=1S/C25H31FN6O2/c1-14-10-17(7-8-20(14)34-18-4-3-9-32(2)13-18)29-25-28-12-19(26)24(31-25)30-22-16-6-5-15(11-16)21(22)23(27)33/h5-8,10,12,15-16,18,21-22H,3-4,9,11,13H2,1-2H3,(H2,27,33)(H2,28,29,30,31)/t15-,16+,18?,21+,22-/m1/s1. The van der Waals surface area contributed by atoms with E-state index in [1.54, 1.807) is 0 Å². The van der Waals surface area contributed by atoms with Gasteiger partial charge in [-0.15, -0.1) is 0 Å². The van der Waals surface area contributed by atoms with E-state index >= 15 is 0 Å². The van der Waals surface area contributed by atoms with E-state index in [1.807, 2.05) is 31.2 Å². The van der Waals surface area contributed by atoms with E-state index < -0.39 is 5.82 Å². The number of aromatic nitrogens is 2. The van der Waals surface area contributed by atoms with Gasteiger partial charge in [-0.1, -0.05) is 12.2 Å². The molecule has 0 spiro atoms. The van der Waals surface area contributed by atoms with Gasteiger partial charge in [-0.2, -0.15) is 4.98 Å². The van der Waals surface area contributed by atoms with Crippen LogP contribution in [0.15, 0.2) is 36.5 Å². The number of carbonyl (C=O) groups is 1. The highest BCUT2D eigenvalue weighted by Crippen LogP contribution is 2.45. The first-order valence-corrected chi connectivity index (χ1v) is 11.9. The third-order valence-electron chi connectivity index (χ3n) is 7.14. The number of primary amides is 1. The molecule has 3 aliphatic rings. The summed E-state index contributed by atoms with van der Waals surface area (Å²) >= 11 is 0. The number of rotatable bonds is 7. The molecule has 9 heteroatoms. The number of hydrogen-bond donors (Lipinski definition) is 3. The van der Waals surface area contributed by atoms with Crippen molar-refractivity contribution < 1.29 is 13.9 Å². The number of benzene rings is 1. The molecule has 1 saturated carbocycles. The number of amides is 1. The minimum Gasteiger partial charge on any atom is -0.489 e. The maximum absolute atomic E-state index is 14.5. The normalized spacial score (nSPS) is 28.1. The maximum atomic E-state index is 14.5. The minimum atomic E-state index is -0.571. The Morgan fingerprint density at radius 2 is 2.12 bits per heavy atom. The van der Waals surface area contributed by atoms with Gasteiger partial charge in [0.1, 0.15) is 11.9 Å². The van der Waals surface area contributed by atoms with Gasteiger partial charge in [-0.05, 0) is 75.4 Å². The fourth-order valence-corrected chi connectivity index (χ4v) is 5.48. The predicted octanol–water partition coefficient (Wildman–Crippen LogP) is 3.23. The van der Waals surface area contributed by atoms with E-state index in [4.69, 9.17) is 10.5 Å². The third kappa shape index (κ3) is 4.57. The molecule has 1 aromatic carbocycles. The van der Waals surface area contributed by atoms with Gasteiger partial charge < -0.3 is 26.0 Å². The summed E-state index contributed by atoms with van der Waals surface area (Å²) in [4.78, 5) is 22.7. The number of fused-ring (bicyclic) bond motifs is 2. The number of nitrogens with one attached hydrogen (secondary N) is 2. The average molecular weight is 467 g/mol. The van der Waals surface area contributed by atoms with E-state index in [9.17, 15) is 9.18 Å². The summed E-state index contributed by atoms with van der Waals surface area (Å²) in [5.74, 6) is 0.0910. The molecule has 1 unspecified atom stereocenters. The molecule has 2 bridgehead atoms. The zero-order valence-corrected chi connectivity index (χ0v) is 19.5. The molecule has 0 radical (unpaired) electrons. The second-order valence-electron chi connectivity index (χ2n) is 9.69. The van der Waals surface area contributed by atoms with E-state index in [0.717, 1.165) is 55.5 Å². The number of nitrogens with two attached hydrogens (primary N) is 1. The van der Waals surface area contributed by atoms with Gasteiger partial charge in [0.05, 0.1) is 12.1 Å². The molecule has 8 nitrogen and oxygen atoms in total. The van der Waals surface area contributed by atoms with Crippen LogP contribution in [0.2, 0.25) is 0 Å². The molecule has 2 aliphatic carbocycles. The van der Waals surface area contributed by atoms with Crippen molar-refractivity contribution in [3.8, 4) is 5.75 Å². The fraction of sp³-hybridized carbons (Fsp3) is 0.480. The van der Waals surface area contributed by atoms with E-state index in [-0.39, 0.29) is 47.6 Å². The van der Waals surface area contributed by atoms with Crippen LogP contribution in [-0.4, -0.2) is 53.1 Å². The first kappa shape index (κ1) is 22.6. The molecule has 2 heterocycles.